The van der Waals surface area contributed by atoms with Crippen LogP contribution in [0.5, 0.6) is 0 Å². The maximum absolute atomic E-state index is 13.0. The van der Waals surface area contributed by atoms with E-state index < -0.39 is 0 Å². The molecule has 28 heavy (non-hydrogen) atoms. The van der Waals surface area contributed by atoms with Gasteiger partial charge in [0, 0.05) is 18.0 Å². The van der Waals surface area contributed by atoms with Gasteiger partial charge < -0.3 is 5.32 Å². The van der Waals surface area contributed by atoms with Crippen molar-refractivity contribution in [3.8, 4) is 10.4 Å². The third-order valence-electron chi connectivity index (χ3n) is 4.15. The van der Waals surface area contributed by atoms with Gasteiger partial charge in [0.1, 0.15) is 4.70 Å². The van der Waals surface area contributed by atoms with Gasteiger partial charge in [-0.1, -0.05) is 61.5 Å². The Hall–Kier alpha value is -2.38. The molecule has 0 unspecified atom stereocenters. The molecule has 1 N–H and O–H groups in total. The van der Waals surface area contributed by atoms with Crippen molar-refractivity contribution < 1.29 is 4.79 Å². The molecule has 1 aromatic carbocycles. The number of nitrogens with zero attached hydrogens (tertiary/aromatic N) is 2. The Morgan fingerprint density at radius 3 is 2.86 bits per heavy atom. The lowest BCUT2D eigenvalue weighted by atomic mass is 10.2. The maximum Gasteiger partial charge on any atom is 0.272 e. The highest BCUT2D eigenvalue weighted by molar-refractivity contribution is 7.99. The van der Waals surface area contributed by atoms with Gasteiger partial charge in [0.2, 0.25) is 5.91 Å². The molecule has 2 heterocycles. The molecule has 3 rings (SSSR count). The first kappa shape index (κ1) is 20.4. The zero-order valence-corrected chi connectivity index (χ0v) is 17.4. The van der Waals surface area contributed by atoms with E-state index in [2.05, 4.69) is 23.8 Å². The van der Waals surface area contributed by atoms with Gasteiger partial charge in [0.15, 0.2) is 5.16 Å². The summed E-state index contributed by atoms with van der Waals surface area (Å²) in [6.07, 6.45) is 3.66. The first-order valence-corrected chi connectivity index (χ1v) is 11.0. The van der Waals surface area contributed by atoms with Crippen LogP contribution in [-0.4, -0.2) is 27.8 Å². The molecule has 0 aliphatic rings. The van der Waals surface area contributed by atoms with E-state index in [0.29, 0.717) is 28.5 Å². The summed E-state index contributed by atoms with van der Waals surface area (Å²) in [4.78, 5) is 30.7. The van der Waals surface area contributed by atoms with Crippen molar-refractivity contribution in [2.24, 2.45) is 0 Å². The molecule has 0 atom stereocenters. The summed E-state index contributed by atoms with van der Waals surface area (Å²) in [5.74, 6) is 0.183. The van der Waals surface area contributed by atoms with Crippen molar-refractivity contribution >= 4 is 39.2 Å². The van der Waals surface area contributed by atoms with E-state index in [9.17, 15) is 9.59 Å². The van der Waals surface area contributed by atoms with E-state index in [1.165, 1.54) is 23.1 Å². The molecule has 0 aliphatic heterocycles. The van der Waals surface area contributed by atoms with Gasteiger partial charge >= 0.3 is 0 Å². The second-order valence-corrected chi connectivity index (χ2v) is 8.28. The number of fused-ring (bicyclic) bond motifs is 1. The van der Waals surface area contributed by atoms with Crippen molar-refractivity contribution in [1.82, 2.24) is 14.9 Å². The average molecular weight is 414 g/mol. The summed E-state index contributed by atoms with van der Waals surface area (Å²) < 4.78 is 2.21. The lowest BCUT2D eigenvalue weighted by Gasteiger charge is -2.10. The highest BCUT2D eigenvalue weighted by Crippen LogP contribution is 2.31. The van der Waals surface area contributed by atoms with E-state index in [1.54, 1.807) is 10.6 Å². The smallest absolute Gasteiger partial charge is 0.272 e. The molecule has 5 nitrogen and oxygen atoms in total. The summed E-state index contributed by atoms with van der Waals surface area (Å²) in [5, 5.41) is 3.43. The van der Waals surface area contributed by atoms with Gasteiger partial charge in [-0.3, -0.25) is 14.2 Å². The Morgan fingerprint density at radius 1 is 1.36 bits per heavy atom. The van der Waals surface area contributed by atoms with Crippen molar-refractivity contribution in [2.45, 2.75) is 31.5 Å². The zero-order valence-electron chi connectivity index (χ0n) is 15.8. The number of rotatable bonds is 9. The number of carbonyl (C=O) groups is 1. The summed E-state index contributed by atoms with van der Waals surface area (Å²) in [6, 6.07) is 11.9. The molecule has 2 aromatic heterocycles. The minimum absolute atomic E-state index is 0.0479. The van der Waals surface area contributed by atoms with Crippen LogP contribution in [0.25, 0.3) is 20.7 Å². The summed E-state index contributed by atoms with van der Waals surface area (Å²) >= 11 is 2.73. The van der Waals surface area contributed by atoms with Crippen molar-refractivity contribution in [1.29, 1.82) is 0 Å². The molecule has 146 valence electrons. The van der Waals surface area contributed by atoms with Crippen LogP contribution >= 0.6 is 23.1 Å². The van der Waals surface area contributed by atoms with E-state index in [4.69, 9.17) is 0 Å². The Bertz CT molecular complexity index is 1030. The van der Waals surface area contributed by atoms with Crippen LogP contribution in [0.1, 0.15) is 19.8 Å². The number of benzene rings is 1. The van der Waals surface area contributed by atoms with Gasteiger partial charge in [0.05, 0.1) is 11.3 Å². The van der Waals surface area contributed by atoms with Gasteiger partial charge in [-0.2, -0.15) is 0 Å². The fourth-order valence-corrected chi connectivity index (χ4v) is 4.61. The molecule has 0 saturated carbocycles. The Balaban J connectivity index is 1.90. The van der Waals surface area contributed by atoms with Crippen LogP contribution in [0.4, 0.5) is 0 Å². The van der Waals surface area contributed by atoms with Crippen LogP contribution in [0.3, 0.4) is 0 Å². The molecular weight excluding hydrogens is 390 g/mol. The second kappa shape index (κ2) is 9.71. The molecule has 3 aromatic rings. The van der Waals surface area contributed by atoms with Crippen molar-refractivity contribution in [3.63, 3.8) is 0 Å². The van der Waals surface area contributed by atoms with Gasteiger partial charge in [-0.25, -0.2) is 4.98 Å². The Morgan fingerprint density at radius 2 is 2.14 bits per heavy atom. The minimum atomic E-state index is -0.0917. The number of hydrogen-bond acceptors (Lipinski definition) is 5. The number of thioether (sulfide) groups is 1. The monoisotopic (exact) mass is 413 g/mol. The Kier molecular flexibility index (Phi) is 7.06. The first-order valence-electron chi connectivity index (χ1n) is 9.24. The van der Waals surface area contributed by atoms with Crippen LogP contribution in [0.15, 0.2) is 59.0 Å². The quantitative estimate of drug-likeness (QED) is 0.246. The number of allylic oxidation sites excluding steroid dienone is 1. The number of hydrogen-bond donors (Lipinski definition) is 1. The average Bonchev–Trinajstić information content (AvgIpc) is 3.14. The number of amides is 1. The topological polar surface area (TPSA) is 64.0 Å². The molecule has 0 spiro atoms. The fraction of sp³-hybridized carbons (Fsp3) is 0.286. The second-order valence-electron chi connectivity index (χ2n) is 6.28. The van der Waals surface area contributed by atoms with E-state index in [-0.39, 0.29) is 17.2 Å². The normalized spacial score (nSPS) is 10.9. The molecule has 0 aliphatic carbocycles. The lowest BCUT2D eigenvalue weighted by molar-refractivity contribution is -0.118. The highest BCUT2D eigenvalue weighted by atomic mass is 32.2. The van der Waals surface area contributed by atoms with E-state index in [0.717, 1.165) is 23.3 Å². The molecule has 7 heteroatoms. The van der Waals surface area contributed by atoms with Crippen LogP contribution in [0, 0.1) is 0 Å². The summed E-state index contributed by atoms with van der Waals surface area (Å²) in [6.45, 7) is 6.86. The molecule has 0 radical (unpaired) electrons. The maximum atomic E-state index is 13.0. The zero-order chi connectivity index (χ0) is 19.9. The largest absolute Gasteiger partial charge is 0.355 e. The first-order chi connectivity index (χ1) is 13.6. The molecule has 0 fully saturated rings. The van der Waals surface area contributed by atoms with Crippen LogP contribution < -0.4 is 10.9 Å². The van der Waals surface area contributed by atoms with Crippen LogP contribution in [0.2, 0.25) is 0 Å². The SMILES string of the molecule is C=CCn1c(SCC(=O)NCCCC)nc2cc(-c3ccccc3)sc2c1=O. The number of unbranched alkanes of at least 4 members (excludes halogenated alkanes) is 1. The molecule has 0 saturated heterocycles. The third-order valence-corrected chi connectivity index (χ3v) is 6.29. The lowest BCUT2D eigenvalue weighted by Crippen LogP contribution is -2.27. The molecule has 0 bridgehead atoms. The number of aromatic nitrogens is 2. The van der Waals surface area contributed by atoms with Crippen molar-refractivity contribution in [3.05, 3.63) is 59.4 Å². The van der Waals surface area contributed by atoms with Crippen LogP contribution in [-0.2, 0) is 11.3 Å². The van der Waals surface area contributed by atoms with E-state index in [1.807, 2.05) is 36.4 Å². The molecule has 1 amide bonds. The fourth-order valence-electron chi connectivity index (χ4n) is 2.72. The summed E-state index contributed by atoms with van der Waals surface area (Å²) in [5.41, 5.74) is 1.64. The number of carbonyl (C=O) groups excluding carboxylic acids is 1. The molecular formula is C21H23N3O2S2. The minimum Gasteiger partial charge on any atom is -0.355 e. The van der Waals surface area contributed by atoms with Gasteiger partial charge in [0.25, 0.3) is 5.56 Å². The standard InChI is InChI=1S/C21H23N3O2S2/c1-3-5-11-22-18(25)14-27-21-23-16-13-17(15-9-7-6-8-10-15)28-19(16)20(26)24(21)12-4-2/h4,6-10,13H,2-3,5,11-12,14H2,1H3,(H,22,25). The third kappa shape index (κ3) is 4.72. The van der Waals surface area contributed by atoms with Gasteiger partial charge in [-0.15, -0.1) is 17.9 Å². The predicted octanol–water partition coefficient (Wildman–Crippen LogP) is 4.32. The number of nitrogens with one attached hydrogen (secondary N) is 1. The van der Waals surface area contributed by atoms with Crippen molar-refractivity contribution in [2.75, 3.05) is 12.3 Å². The predicted molar refractivity (Wildman–Crippen MR) is 118 cm³/mol. The van der Waals surface area contributed by atoms with Gasteiger partial charge in [-0.05, 0) is 18.1 Å². The Labute approximate surface area is 172 Å². The van der Waals surface area contributed by atoms with E-state index >= 15 is 0 Å². The highest BCUT2D eigenvalue weighted by Gasteiger charge is 2.15. The summed E-state index contributed by atoms with van der Waals surface area (Å²) in [7, 11) is 0. The number of thiophene rings is 1.